The van der Waals surface area contributed by atoms with Crippen LogP contribution in [0.25, 0.3) is 11.0 Å². The van der Waals surface area contributed by atoms with E-state index in [4.69, 9.17) is 23.8 Å². The van der Waals surface area contributed by atoms with E-state index in [1.165, 1.54) is 5.56 Å². The van der Waals surface area contributed by atoms with E-state index in [9.17, 15) is 0 Å². The number of hydrogen-bond donors (Lipinski definition) is 1. The number of hydrogen-bond acceptors (Lipinski definition) is 1. The van der Waals surface area contributed by atoms with Crippen LogP contribution in [0.5, 0.6) is 0 Å². The Morgan fingerprint density at radius 3 is 2.67 bits per heavy atom. The van der Waals surface area contributed by atoms with Crippen molar-refractivity contribution in [1.82, 2.24) is 9.55 Å². The van der Waals surface area contributed by atoms with Gasteiger partial charge < -0.3 is 9.55 Å². The van der Waals surface area contributed by atoms with Crippen LogP contribution in [-0.2, 0) is 6.42 Å². The van der Waals surface area contributed by atoms with E-state index in [-0.39, 0.29) is 0 Å². The van der Waals surface area contributed by atoms with Gasteiger partial charge in [-0.2, -0.15) is 0 Å². The van der Waals surface area contributed by atoms with Gasteiger partial charge in [0.1, 0.15) is 0 Å². The van der Waals surface area contributed by atoms with Crippen molar-refractivity contribution in [1.29, 1.82) is 0 Å². The predicted octanol–water partition coefficient (Wildman–Crippen LogP) is 5.55. The average molecular weight is 317 g/mol. The first kappa shape index (κ1) is 14.4. The predicted molar refractivity (Wildman–Crippen MR) is 91.6 cm³/mol. The second-order valence-electron chi connectivity index (χ2n) is 5.31. The molecule has 2 aromatic carbocycles. The Morgan fingerprint density at radius 2 is 1.90 bits per heavy atom. The Balaban J connectivity index is 1.90. The van der Waals surface area contributed by atoms with Gasteiger partial charge in [0.25, 0.3) is 0 Å². The summed E-state index contributed by atoms with van der Waals surface area (Å²) in [6, 6.07) is 16.7. The molecule has 0 aliphatic carbocycles. The number of aromatic nitrogens is 2. The zero-order chi connectivity index (χ0) is 14.8. The largest absolute Gasteiger partial charge is 0.331 e. The molecule has 0 aliphatic heterocycles. The summed E-state index contributed by atoms with van der Waals surface area (Å²) in [6.45, 7) is 2.19. The molecule has 1 N–H and O–H groups in total. The molecular weight excluding hydrogens is 300 g/mol. The van der Waals surface area contributed by atoms with Crippen molar-refractivity contribution in [3.05, 3.63) is 63.9 Å². The molecule has 0 fully saturated rings. The zero-order valence-electron chi connectivity index (χ0n) is 11.8. The lowest BCUT2D eigenvalue weighted by atomic mass is 10.1. The summed E-state index contributed by atoms with van der Waals surface area (Å²) in [6.07, 6.45) is 2.05. The number of halogens is 1. The fraction of sp³-hybridized carbons (Fsp3) is 0.235. The minimum atomic E-state index is 0.298. The van der Waals surface area contributed by atoms with Crippen LogP contribution in [0, 0.1) is 4.77 Å². The van der Waals surface area contributed by atoms with Gasteiger partial charge in [-0.3, -0.25) is 0 Å². The van der Waals surface area contributed by atoms with Crippen LogP contribution in [0.2, 0.25) is 5.02 Å². The highest BCUT2D eigenvalue weighted by Gasteiger charge is 2.13. The topological polar surface area (TPSA) is 20.7 Å². The number of nitrogens with zero attached hydrogens (tertiary/aromatic N) is 1. The Labute approximate surface area is 134 Å². The van der Waals surface area contributed by atoms with Gasteiger partial charge in [-0.25, -0.2) is 0 Å². The SMILES string of the molecule is CC(CCc1ccccc1)n1c(=S)[nH]c2cccc(Cl)c21. The Bertz CT molecular complexity index is 805. The van der Waals surface area contributed by atoms with Gasteiger partial charge >= 0.3 is 0 Å². The highest BCUT2D eigenvalue weighted by Crippen LogP contribution is 2.28. The van der Waals surface area contributed by atoms with E-state index in [0.717, 1.165) is 33.7 Å². The van der Waals surface area contributed by atoms with E-state index in [1.807, 2.05) is 24.3 Å². The van der Waals surface area contributed by atoms with E-state index < -0.39 is 0 Å². The van der Waals surface area contributed by atoms with Gasteiger partial charge in [0, 0.05) is 6.04 Å². The van der Waals surface area contributed by atoms with Crippen molar-refractivity contribution in [2.75, 3.05) is 0 Å². The molecule has 21 heavy (non-hydrogen) atoms. The second kappa shape index (κ2) is 6.04. The summed E-state index contributed by atoms with van der Waals surface area (Å²) in [7, 11) is 0. The molecule has 0 aliphatic rings. The summed E-state index contributed by atoms with van der Waals surface area (Å²) in [5.74, 6) is 0. The van der Waals surface area contributed by atoms with Crippen molar-refractivity contribution < 1.29 is 0 Å². The fourth-order valence-electron chi connectivity index (χ4n) is 2.71. The van der Waals surface area contributed by atoms with Crippen molar-refractivity contribution in [3.63, 3.8) is 0 Å². The first-order valence-electron chi connectivity index (χ1n) is 7.09. The molecule has 0 bridgehead atoms. The zero-order valence-corrected chi connectivity index (χ0v) is 13.4. The smallest absolute Gasteiger partial charge is 0.178 e. The Kier molecular flexibility index (Phi) is 4.13. The molecule has 0 radical (unpaired) electrons. The molecule has 1 heterocycles. The van der Waals surface area contributed by atoms with Gasteiger partial charge in [0.2, 0.25) is 0 Å². The molecule has 1 unspecified atom stereocenters. The molecule has 1 aromatic heterocycles. The lowest BCUT2D eigenvalue weighted by Gasteiger charge is -2.15. The minimum absolute atomic E-state index is 0.298. The minimum Gasteiger partial charge on any atom is -0.331 e. The van der Waals surface area contributed by atoms with Crippen molar-refractivity contribution in [2.24, 2.45) is 0 Å². The Morgan fingerprint density at radius 1 is 1.14 bits per heavy atom. The number of aromatic amines is 1. The highest BCUT2D eigenvalue weighted by molar-refractivity contribution is 7.71. The first-order valence-corrected chi connectivity index (χ1v) is 7.88. The average Bonchev–Trinajstić information content (AvgIpc) is 2.83. The molecule has 2 nitrogen and oxygen atoms in total. The van der Waals surface area contributed by atoms with Crippen LogP contribution in [0.4, 0.5) is 0 Å². The van der Waals surface area contributed by atoms with Crippen molar-refractivity contribution in [2.45, 2.75) is 25.8 Å². The number of fused-ring (bicyclic) bond motifs is 1. The van der Waals surface area contributed by atoms with E-state index in [2.05, 4.69) is 40.7 Å². The number of benzene rings is 2. The summed E-state index contributed by atoms with van der Waals surface area (Å²) in [4.78, 5) is 3.24. The fourth-order valence-corrected chi connectivity index (χ4v) is 3.35. The van der Waals surface area contributed by atoms with Crippen LogP contribution in [0.15, 0.2) is 48.5 Å². The van der Waals surface area contributed by atoms with E-state index in [1.54, 1.807) is 0 Å². The standard InChI is InChI=1S/C17H17ClN2S/c1-12(10-11-13-6-3-2-4-7-13)20-16-14(18)8-5-9-15(16)19-17(20)21/h2-9,12H,10-11H2,1H3,(H,19,21). The summed E-state index contributed by atoms with van der Waals surface area (Å²) in [5.41, 5.74) is 3.35. The van der Waals surface area contributed by atoms with Crippen LogP contribution < -0.4 is 0 Å². The molecule has 0 amide bonds. The summed E-state index contributed by atoms with van der Waals surface area (Å²) < 4.78 is 2.87. The number of imidazole rings is 1. The maximum absolute atomic E-state index is 6.35. The van der Waals surface area contributed by atoms with Crippen LogP contribution >= 0.6 is 23.8 Å². The maximum atomic E-state index is 6.35. The summed E-state index contributed by atoms with van der Waals surface area (Å²) >= 11 is 11.8. The van der Waals surface area contributed by atoms with Gasteiger partial charge in [0.05, 0.1) is 16.1 Å². The third-order valence-electron chi connectivity index (χ3n) is 3.82. The number of para-hydroxylation sites is 1. The molecule has 3 aromatic rings. The lowest BCUT2D eigenvalue weighted by molar-refractivity contribution is 0.514. The molecule has 3 rings (SSSR count). The van der Waals surface area contributed by atoms with Crippen molar-refractivity contribution in [3.8, 4) is 0 Å². The molecule has 0 spiro atoms. The molecular formula is C17H17ClN2S. The molecule has 108 valence electrons. The van der Waals surface area contributed by atoms with Crippen molar-refractivity contribution >= 4 is 34.9 Å². The molecule has 0 saturated heterocycles. The monoisotopic (exact) mass is 316 g/mol. The number of H-pyrrole nitrogens is 1. The quantitative estimate of drug-likeness (QED) is 0.626. The number of rotatable bonds is 4. The lowest BCUT2D eigenvalue weighted by Crippen LogP contribution is -2.06. The van der Waals surface area contributed by atoms with Crippen LogP contribution in [-0.4, -0.2) is 9.55 Å². The van der Waals surface area contributed by atoms with Gasteiger partial charge in [-0.05, 0) is 49.7 Å². The normalized spacial score (nSPS) is 12.7. The molecule has 0 saturated carbocycles. The third kappa shape index (κ3) is 2.89. The number of nitrogens with one attached hydrogen (secondary N) is 1. The van der Waals surface area contributed by atoms with E-state index >= 15 is 0 Å². The van der Waals surface area contributed by atoms with Gasteiger partial charge in [-0.15, -0.1) is 0 Å². The second-order valence-corrected chi connectivity index (χ2v) is 6.10. The van der Waals surface area contributed by atoms with Gasteiger partial charge in [-0.1, -0.05) is 48.0 Å². The molecule has 1 atom stereocenters. The first-order chi connectivity index (χ1) is 10.2. The summed E-state index contributed by atoms with van der Waals surface area (Å²) in [5, 5.41) is 0.742. The number of aryl methyl sites for hydroxylation is 1. The van der Waals surface area contributed by atoms with Crippen LogP contribution in [0.3, 0.4) is 0 Å². The third-order valence-corrected chi connectivity index (χ3v) is 4.43. The van der Waals surface area contributed by atoms with Crippen LogP contribution in [0.1, 0.15) is 24.9 Å². The highest BCUT2D eigenvalue weighted by atomic mass is 35.5. The maximum Gasteiger partial charge on any atom is 0.178 e. The van der Waals surface area contributed by atoms with E-state index in [0.29, 0.717) is 6.04 Å². The van der Waals surface area contributed by atoms with Gasteiger partial charge in [0.15, 0.2) is 4.77 Å². The molecule has 4 heteroatoms. The Hall–Kier alpha value is -1.58.